The Hall–Kier alpha value is -1.89. The van der Waals surface area contributed by atoms with Crippen molar-refractivity contribution < 1.29 is 13.2 Å². The molecule has 2 rings (SSSR count). The number of halogens is 1. The monoisotopic (exact) mass is 380 g/mol. The first kappa shape index (κ1) is 19.4. The van der Waals surface area contributed by atoms with Crippen LogP contribution in [0.5, 0.6) is 0 Å². The van der Waals surface area contributed by atoms with Crippen LogP contribution >= 0.6 is 11.6 Å². The zero-order valence-corrected chi connectivity index (χ0v) is 15.9. The number of benzene rings is 2. The molecule has 1 amide bonds. The van der Waals surface area contributed by atoms with Gasteiger partial charge >= 0.3 is 0 Å². The van der Waals surface area contributed by atoms with E-state index >= 15 is 0 Å². The fraction of sp³-hybridized carbons (Fsp3) is 0.278. The molecule has 0 heterocycles. The summed E-state index contributed by atoms with van der Waals surface area (Å²) in [4.78, 5) is 12.0. The second-order valence-electron chi connectivity index (χ2n) is 6.65. The number of amides is 1. The summed E-state index contributed by atoms with van der Waals surface area (Å²) < 4.78 is 26.5. The van der Waals surface area contributed by atoms with Crippen molar-refractivity contribution in [2.45, 2.75) is 31.1 Å². The summed E-state index contributed by atoms with van der Waals surface area (Å²) >= 11 is 5.74. The Labute approximate surface area is 153 Å². The molecule has 0 radical (unpaired) electrons. The molecule has 0 aliphatic carbocycles. The molecule has 0 spiro atoms. The summed E-state index contributed by atoms with van der Waals surface area (Å²) in [7, 11) is -3.76. The molecule has 0 aliphatic rings. The molecule has 7 heteroatoms. The number of hydrogen-bond acceptors (Lipinski definition) is 3. The summed E-state index contributed by atoms with van der Waals surface area (Å²) in [6.45, 7) is 5.95. The molecule has 0 aliphatic heterocycles. The molecule has 0 atom stereocenters. The third-order valence-electron chi connectivity index (χ3n) is 3.58. The molecule has 0 saturated carbocycles. The molecule has 2 aromatic carbocycles. The van der Waals surface area contributed by atoms with Crippen LogP contribution in [-0.2, 0) is 20.2 Å². The Kier molecular flexibility index (Phi) is 5.87. The number of hydrogen-bond donors (Lipinski definition) is 2. The number of nitrogens with one attached hydrogen (secondary N) is 2. The van der Waals surface area contributed by atoms with Crippen LogP contribution < -0.4 is 10.0 Å². The fourth-order valence-corrected chi connectivity index (χ4v) is 3.22. The summed E-state index contributed by atoms with van der Waals surface area (Å²) in [5, 5.41) is 3.11. The molecular formula is C18H21ClN2O3S. The van der Waals surface area contributed by atoms with Gasteiger partial charge in [0, 0.05) is 10.7 Å². The van der Waals surface area contributed by atoms with Crippen molar-refractivity contribution in [2.24, 2.45) is 0 Å². The number of carbonyl (C=O) groups is 1. The van der Waals surface area contributed by atoms with Gasteiger partial charge < -0.3 is 5.32 Å². The Balaban J connectivity index is 1.95. The van der Waals surface area contributed by atoms with Crippen LogP contribution in [0, 0.1) is 0 Å². The van der Waals surface area contributed by atoms with Crippen LogP contribution in [0.15, 0.2) is 53.4 Å². The van der Waals surface area contributed by atoms with Crippen molar-refractivity contribution in [1.82, 2.24) is 4.72 Å². The minimum atomic E-state index is -3.76. The van der Waals surface area contributed by atoms with Crippen LogP contribution in [0.1, 0.15) is 26.3 Å². The van der Waals surface area contributed by atoms with Crippen LogP contribution in [0.4, 0.5) is 5.69 Å². The molecule has 5 nitrogen and oxygen atoms in total. The number of carbonyl (C=O) groups excluding carboxylic acids is 1. The van der Waals surface area contributed by atoms with Crippen molar-refractivity contribution in [1.29, 1.82) is 0 Å². The van der Waals surface area contributed by atoms with Crippen molar-refractivity contribution >= 4 is 33.2 Å². The minimum Gasteiger partial charge on any atom is -0.325 e. The first-order valence-electron chi connectivity index (χ1n) is 7.73. The van der Waals surface area contributed by atoms with E-state index in [1.165, 1.54) is 24.3 Å². The zero-order chi connectivity index (χ0) is 18.7. The first-order chi connectivity index (χ1) is 11.6. The topological polar surface area (TPSA) is 75.3 Å². The highest BCUT2D eigenvalue weighted by Crippen LogP contribution is 2.23. The van der Waals surface area contributed by atoms with Gasteiger partial charge in [0.2, 0.25) is 15.9 Å². The predicted molar refractivity (Wildman–Crippen MR) is 100 cm³/mol. The van der Waals surface area contributed by atoms with Gasteiger partial charge in [-0.2, -0.15) is 0 Å². The lowest BCUT2D eigenvalue weighted by Crippen LogP contribution is -2.32. The van der Waals surface area contributed by atoms with Gasteiger partial charge in [0.25, 0.3) is 0 Å². The molecular weight excluding hydrogens is 360 g/mol. The van der Waals surface area contributed by atoms with Gasteiger partial charge in [0.1, 0.15) is 0 Å². The van der Waals surface area contributed by atoms with E-state index in [1.807, 2.05) is 12.1 Å². The van der Waals surface area contributed by atoms with Gasteiger partial charge in [-0.25, -0.2) is 13.1 Å². The standard InChI is InChI=1S/C18H21ClN2O3S/c1-18(2,3)13-4-8-15(9-5-13)21-17(22)12-20-25(23,24)16-10-6-14(19)7-11-16/h4-11,20H,12H2,1-3H3,(H,21,22). The minimum absolute atomic E-state index is 0.0246. The van der Waals surface area contributed by atoms with Crippen molar-refractivity contribution in [2.75, 3.05) is 11.9 Å². The van der Waals surface area contributed by atoms with E-state index in [1.54, 1.807) is 12.1 Å². The maximum absolute atomic E-state index is 12.1. The van der Waals surface area contributed by atoms with Gasteiger partial charge in [-0.05, 0) is 47.4 Å². The summed E-state index contributed by atoms with van der Waals surface area (Å²) in [5.74, 6) is -0.443. The van der Waals surface area contributed by atoms with E-state index in [2.05, 4.69) is 30.8 Å². The van der Waals surface area contributed by atoms with E-state index in [0.29, 0.717) is 10.7 Å². The normalized spacial score (nSPS) is 12.0. The highest BCUT2D eigenvalue weighted by Gasteiger charge is 2.16. The van der Waals surface area contributed by atoms with E-state index in [9.17, 15) is 13.2 Å². The van der Waals surface area contributed by atoms with Crippen molar-refractivity contribution in [3.05, 3.63) is 59.1 Å². The van der Waals surface area contributed by atoms with E-state index in [0.717, 1.165) is 5.56 Å². The van der Waals surface area contributed by atoms with Crippen LogP contribution in [0.25, 0.3) is 0 Å². The Morgan fingerprint density at radius 3 is 2.08 bits per heavy atom. The van der Waals surface area contributed by atoms with Gasteiger partial charge in [-0.3, -0.25) is 4.79 Å². The molecule has 0 bridgehead atoms. The quantitative estimate of drug-likeness (QED) is 0.832. The number of rotatable bonds is 5. The Morgan fingerprint density at radius 1 is 1.00 bits per heavy atom. The molecule has 2 aromatic rings. The third-order valence-corrected chi connectivity index (χ3v) is 5.25. The average molecular weight is 381 g/mol. The van der Waals surface area contributed by atoms with Gasteiger partial charge in [0.15, 0.2) is 0 Å². The number of sulfonamides is 1. The molecule has 25 heavy (non-hydrogen) atoms. The number of anilines is 1. The lowest BCUT2D eigenvalue weighted by atomic mass is 9.87. The molecule has 2 N–H and O–H groups in total. The smallest absolute Gasteiger partial charge is 0.241 e. The average Bonchev–Trinajstić information content (AvgIpc) is 2.53. The second-order valence-corrected chi connectivity index (χ2v) is 8.86. The molecule has 134 valence electrons. The van der Waals surface area contributed by atoms with Gasteiger partial charge in [-0.1, -0.05) is 44.5 Å². The van der Waals surface area contributed by atoms with Crippen LogP contribution in [0.3, 0.4) is 0 Å². The van der Waals surface area contributed by atoms with E-state index in [-0.39, 0.29) is 16.9 Å². The van der Waals surface area contributed by atoms with Crippen LogP contribution in [0.2, 0.25) is 5.02 Å². The maximum Gasteiger partial charge on any atom is 0.241 e. The Morgan fingerprint density at radius 2 is 1.56 bits per heavy atom. The van der Waals surface area contributed by atoms with Crippen molar-refractivity contribution in [3.8, 4) is 0 Å². The second kappa shape index (κ2) is 7.56. The highest BCUT2D eigenvalue weighted by atomic mass is 35.5. The molecule has 0 fully saturated rings. The van der Waals surface area contributed by atoms with E-state index in [4.69, 9.17) is 11.6 Å². The predicted octanol–water partition coefficient (Wildman–Crippen LogP) is 3.55. The molecule has 0 aromatic heterocycles. The lowest BCUT2D eigenvalue weighted by molar-refractivity contribution is -0.115. The third kappa shape index (κ3) is 5.56. The Bertz CT molecular complexity index is 839. The van der Waals surface area contributed by atoms with E-state index < -0.39 is 15.9 Å². The zero-order valence-electron chi connectivity index (χ0n) is 14.3. The maximum atomic E-state index is 12.1. The first-order valence-corrected chi connectivity index (χ1v) is 9.60. The molecule has 0 unspecified atom stereocenters. The summed E-state index contributed by atoms with van der Waals surface area (Å²) in [6, 6.07) is 13.2. The van der Waals surface area contributed by atoms with Crippen molar-refractivity contribution in [3.63, 3.8) is 0 Å². The van der Waals surface area contributed by atoms with Gasteiger partial charge in [0.05, 0.1) is 11.4 Å². The fourth-order valence-electron chi connectivity index (χ4n) is 2.12. The summed E-state index contributed by atoms with van der Waals surface area (Å²) in [5.41, 5.74) is 1.79. The SMILES string of the molecule is CC(C)(C)c1ccc(NC(=O)CNS(=O)(=O)c2ccc(Cl)cc2)cc1. The summed E-state index contributed by atoms with van der Waals surface area (Å²) in [6.07, 6.45) is 0. The lowest BCUT2D eigenvalue weighted by Gasteiger charge is -2.19. The van der Waals surface area contributed by atoms with Crippen LogP contribution in [-0.4, -0.2) is 20.9 Å². The molecule has 0 saturated heterocycles. The largest absolute Gasteiger partial charge is 0.325 e. The highest BCUT2D eigenvalue weighted by molar-refractivity contribution is 7.89. The van der Waals surface area contributed by atoms with Gasteiger partial charge in [-0.15, -0.1) is 0 Å².